The van der Waals surface area contributed by atoms with Crippen LogP contribution in [0.3, 0.4) is 0 Å². The summed E-state index contributed by atoms with van der Waals surface area (Å²) in [5.41, 5.74) is 1.22. The van der Waals surface area contributed by atoms with Gasteiger partial charge in [-0.05, 0) is 48.6 Å². The van der Waals surface area contributed by atoms with Crippen LogP contribution in [-0.2, 0) is 0 Å². The van der Waals surface area contributed by atoms with E-state index in [9.17, 15) is 0 Å². The van der Waals surface area contributed by atoms with Gasteiger partial charge in [-0.25, -0.2) is 4.98 Å². The van der Waals surface area contributed by atoms with Crippen molar-refractivity contribution in [1.82, 2.24) is 9.97 Å². The smallest absolute Gasteiger partial charge is 0.226 e. The number of hydrogen-bond acceptors (Lipinski definition) is 4. The van der Waals surface area contributed by atoms with Gasteiger partial charge < -0.3 is 10.1 Å². The lowest BCUT2D eigenvalue weighted by atomic mass is 9.76. The monoisotopic (exact) mass is 385 g/mol. The standard InChI is InChI=1S/C20H17Cl2N3O/c21-17-7-6-13(12-18(17)22)14-10-15(11-14)24-20-23-9-8-19(25-20)26-16-4-2-1-3-5-16/h1-9,12,14-15H,10-11H2,(H,23,24,25). The summed E-state index contributed by atoms with van der Waals surface area (Å²) >= 11 is 12.1. The van der Waals surface area contributed by atoms with Crippen LogP contribution in [-0.4, -0.2) is 16.0 Å². The summed E-state index contributed by atoms with van der Waals surface area (Å²) in [4.78, 5) is 8.72. The van der Waals surface area contributed by atoms with Gasteiger partial charge in [-0.15, -0.1) is 0 Å². The van der Waals surface area contributed by atoms with Crippen molar-refractivity contribution in [3.63, 3.8) is 0 Å². The van der Waals surface area contributed by atoms with Crippen molar-refractivity contribution in [2.75, 3.05) is 5.32 Å². The van der Waals surface area contributed by atoms with Gasteiger partial charge in [0.2, 0.25) is 11.8 Å². The molecule has 1 fully saturated rings. The van der Waals surface area contributed by atoms with E-state index in [1.165, 1.54) is 5.56 Å². The minimum atomic E-state index is 0.335. The summed E-state index contributed by atoms with van der Waals surface area (Å²) in [6.45, 7) is 0. The number of para-hydroxylation sites is 1. The summed E-state index contributed by atoms with van der Waals surface area (Å²) < 4.78 is 5.75. The fraction of sp³-hybridized carbons (Fsp3) is 0.200. The Morgan fingerprint density at radius 1 is 0.962 bits per heavy atom. The molecule has 26 heavy (non-hydrogen) atoms. The molecule has 1 N–H and O–H groups in total. The summed E-state index contributed by atoms with van der Waals surface area (Å²) in [6.07, 6.45) is 3.71. The van der Waals surface area contributed by atoms with Crippen LogP contribution in [0.2, 0.25) is 10.0 Å². The fourth-order valence-corrected chi connectivity index (χ4v) is 3.34. The molecule has 0 saturated heterocycles. The van der Waals surface area contributed by atoms with Crippen molar-refractivity contribution < 1.29 is 4.74 Å². The zero-order valence-corrected chi connectivity index (χ0v) is 15.4. The first-order valence-electron chi connectivity index (χ1n) is 8.45. The molecule has 1 aliphatic carbocycles. The molecule has 0 bridgehead atoms. The molecule has 4 rings (SSSR count). The molecule has 1 saturated carbocycles. The van der Waals surface area contributed by atoms with Gasteiger partial charge in [0.25, 0.3) is 0 Å². The van der Waals surface area contributed by atoms with Crippen LogP contribution in [0.5, 0.6) is 11.6 Å². The molecule has 1 heterocycles. The summed E-state index contributed by atoms with van der Waals surface area (Å²) in [6, 6.07) is 17.5. The minimum Gasteiger partial charge on any atom is -0.439 e. The SMILES string of the molecule is Clc1ccc(C2CC(Nc3nccc(Oc4ccccc4)n3)C2)cc1Cl. The number of aromatic nitrogens is 2. The Balaban J connectivity index is 1.35. The molecule has 6 heteroatoms. The van der Waals surface area contributed by atoms with E-state index in [2.05, 4.69) is 15.3 Å². The van der Waals surface area contributed by atoms with Gasteiger partial charge in [0.05, 0.1) is 10.0 Å². The van der Waals surface area contributed by atoms with E-state index >= 15 is 0 Å². The highest BCUT2D eigenvalue weighted by Gasteiger charge is 2.31. The third-order valence-corrected chi connectivity index (χ3v) is 5.22. The van der Waals surface area contributed by atoms with Gasteiger partial charge in [0.15, 0.2) is 0 Å². The Hall–Kier alpha value is -2.30. The molecule has 0 atom stereocenters. The van der Waals surface area contributed by atoms with Crippen molar-refractivity contribution in [3.8, 4) is 11.6 Å². The molecule has 2 aromatic carbocycles. The van der Waals surface area contributed by atoms with Gasteiger partial charge in [-0.2, -0.15) is 4.98 Å². The first-order chi connectivity index (χ1) is 12.7. The van der Waals surface area contributed by atoms with E-state index in [4.69, 9.17) is 27.9 Å². The summed E-state index contributed by atoms with van der Waals surface area (Å²) in [5, 5.41) is 4.57. The average molecular weight is 386 g/mol. The van der Waals surface area contributed by atoms with Crippen LogP contribution >= 0.6 is 23.2 Å². The van der Waals surface area contributed by atoms with Crippen LogP contribution < -0.4 is 10.1 Å². The van der Waals surface area contributed by atoms with E-state index in [1.54, 1.807) is 12.3 Å². The Morgan fingerprint density at radius 3 is 2.54 bits per heavy atom. The van der Waals surface area contributed by atoms with Crippen LogP contribution in [0.15, 0.2) is 60.8 Å². The second-order valence-electron chi connectivity index (χ2n) is 6.32. The van der Waals surface area contributed by atoms with Gasteiger partial charge >= 0.3 is 0 Å². The highest BCUT2D eigenvalue weighted by atomic mass is 35.5. The Kier molecular flexibility index (Phi) is 4.96. The number of nitrogens with zero attached hydrogens (tertiary/aromatic N) is 2. The zero-order chi connectivity index (χ0) is 17.9. The van der Waals surface area contributed by atoms with Crippen LogP contribution in [0.4, 0.5) is 5.95 Å². The van der Waals surface area contributed by atoms with Gasteiger partial charge in [-0.1, -0.05) is 47.5 Å². The molecule has 1 aliphatic rings. The maximum atomic E-state index is 6.11. The highest BCUT2D eigenvalue weighted by Crippen LogP contribution is 2.40. The maximum Gasteiger partial charge on any atom is 0.226 e. The molecule has 0 radical (unpaired) electrons. The van der Waals surface area contributed by atoms with Gasteiger partial charge in [0.1, 0.15) is 5.75 Å². The van der Waals surface area contributed by atoms with Crippen molar-refractivity contribution in [1.29, 1.82) is 0 Å². The van der Waals surface area contributed by atoms with E-state index < -0.39 is 0 Å². The third kappa shape index (κ3) is 3.92. The van der Waals surface area contributed by atoms with Gasteiger partial charge in [-0.3, -0.25) is 0 Å². The molecular formula is C20H17Cl2N3O. The predicted octanol–water partition coefficient (Wildman–Crippen LogP) is 5.93. The molecule has 0 amide bonds. The Labute approximate surface area is 162 Å². The molecule has 0 spiro atoms. The van der Waals surface area contributed by atoms with E-state index in [1.807, 2.05) is 48.5 Å². The lowest BCUT2D eigenvalue weighted by Gasteiger charge is -2.36. The fourth-order valence-electron chi connectivity index (χ4n) is 3.03. The van der Waals surface area contributed by atoms with E-state index in [0.29, 0.717) is 33.8 Å². The van der Waals surface area contributed by atoms with E-state index in [-0.39, 0.29) is 0 Å². The quantitative estimate of drug-likeness (QED) is 0.590. The van der Waals surface area contributed by atoms with Crippen LogP contribution in [0.25, 0.3) is 0 Å². The van der Waals surface area contributed by atoms with Crippen LogP contribution in [0.1, 0.15) is 24.3 Å². The number of nitrogens with one attached hydrogen (secondary N) is 1. The number of halogens is 2. The summed E-state index contributed by atoms with van der Waals surface area (Å²) in [5.74, 6) is 2.33. The number of benzene rings is 2. The van der Waals surface area contributed by atoms with E-state index in [0.717, 1.165) is 18.6 Å². The predicted molar refractivity (Wildman–Crippen MR) is 104 cm³/mol. The number of ether oxygens (including phenoxy) is 1. The third-order valence-electron chi connectivity index (χ3n) is 4.48. The topological polar surface area (TPSA) is 47.0 Å². The minimum absolute atomic E-state index is 0.335. The molecule has 0 aliphatic heterocycles. The average Bonchev–Trinajstić information content (AvgIpc) is 2.62. The number of rotatable bonds is 5. The Bertz CT molecular complexity index is 899. The first-order valence-corrected chi connectivity index (χ1v) is 9.20. The second kappa shape index (κ2) is 7.52. The molecular weight excluding hydrogens is 369 g/mol. The largest absolute Gasteiger partial charge is 0.439 e. The lowest BCUT2D eigenvalue weighted by molar-refractivity contribution is 0.372. The number of anilines is 1. The first kappa shape index (κ1) is 17.1. The highest BCUT2D eigenvalue weighted by molar-refractivity contribution is 6.42. The van der Waals surface area contributed by atoms with Gasteiger partial charge in [0, 0.05) is 18.3 Å². The molecule has 4 nitrogen and oxygen atoms in total. The van der Waals surface area contributed by atoms with Crippen LogP contribution in [0, 0.1) is 0 Å². The zero-order valence-electron chi connectivity index (χ0n) is 13.9. The van der Waals surface area contributed by atoms with Crippen molar-refractivity contribution >= 4 is 29.2 Å². The molecule has 132 valence electrons. The van der Waals surface area contributed by atoms with Crippen molar-refractivity contribution in [3.05, 3.63) is 76.4 Å². The normalized spacial score (nSPS) is 18.8. The van der Waals surface area contributed by atoms with Crippen molar-refractivity contribution in [2.24, 2.45) is 0 Å². The number of hydrogen-bond donors (Lipinski definition) is 1. The molecule has 1 aromatic heterocycles. The molecule has 3 aromatic rings. The second-order valence-corrected chi connectivity index (χ2v) is 7.13. The van der Waals surface area contributed by atoms with Crippen molar-refractivity contribution in [2.45, 2.75) is 24.8 Å². The molecule has 0 unspecified atom stereocenters. The Morgan fingerprint density at radius 2 is 1.77 bits per heavy atom. The lowest BCUT2D eigenvalue weighted by Crippen LogP contribution is -2.34. The maximum absolute atomic E-state index is 6.11. The summed E-state index contributed by atoms with van der Waals surface area (Å²) in [7, 11) is 0.